The molecule has 1 aliphatic carbocycles. The van der Waals surface area contributed by atoms with Crippen molar-refractivity contribution in [2.24, 2.45) is 5.73 Å². The summed E-state index contributed by atoms with van der Waals surface area (Å²) in [5.74, 6) is -0.0836. The molecule has 2 aromatic rings. The zero-order valence-corrected chi connectivity index (χ0v) is 13.8. The van der Waals surface area contributed by atoms with Crippen LogP contribution in [0.2, 0.25) is 0 Å². The molecule has 0 saturated heterocycles. The molecule has 2 aromatic carbocycles. The van der Waals surface area contributed by atoms with Crippen molar-refractivity contribution in [3.05, 3.63) is 60.2 Å². The second-order valence-corrected chi connectivity index (χ2v) is 6.05. The molecule has 0 aliphatic heterocycles. The normalized spacial score (nSPS) is 14.4. The summed E-state index contributed by atoms with van der Waals surface area (Å²) in [6.07, 6.45) is 2.06. The summed E-state index contributed by atoms with van der Waals surface area (Å²) >= 11 is 0. The van der Waals surface area contributed by atoms with Crippen LogP contribution in [0.3, 0.4) is 0 Å². The van der Waals surface area contributed by atoms with Crippen molar-refractivity contribution in [2.45, 2.75) is 24.9 Å². The Kier molecular flexibility index (Phi) is 5.18. The molecule has 130 valence electrons. The van der Waals surface area contributed by atoms with Gasteiger partial charge in [-0.2, -0.15) is 0 Å². The van der Waals surface area contributed by atoms with Crippen LogP contribution in [0.1, 0.15) is 24.4 Å². The molecule has 1 atom stereocenters. The Labute approximate surface area is 146 Å². The Hall–Kier alpha value is -3.02. The van der Waals surface area contributed by atoms with Crippen molar-refractivity contribution in [1.82, 2.24) is 5.32 Å². The summed E-state index contributed by atoms with van der Waals surface area (Å²) < 4.78 is 5.32. The molecular weight excluding hydrogens is 318 g/mol. The van der Waals surface area contributed by atoms with Gasteiger partial charge in [-0.25, -0.2) is 0 Å². The number of amides is 2. The van der Waals surface area contributed by atoms with Gasteiger partial charge in [0.15, 0.2) is 6.61 Å². The third-order valence-corrected chi connectivity index (χ3v) is 3.84. The number of nitrogens with two attached hydrogens (primary N) is 1. The number of anilines is 1. The average Bonchev–Trinajstić information content (AvgIpc) is 3.43. The number of primary amides is 1. The number of benzene rings is 2. The van der Waals surface area contributed by atoms with Crippen LogP contribution >= 0.6 is 0 Å². The number of nitrogens with one attached hydrogen (secondary N) is 2. The number of ether oxygens (including phenoxy) is 1. The van der Waals surface area contributed by atoms with Crippen LogP contribution in [0.4, 0.5) is 5.69 Å². The Morgan fingerprint density at radius 3 is 2.56 bits per heavy atom. The summed E-state index contributed by atoms with van der Waals surface area (Å²) in [5, 5.41) is 6.28. The van der Waals surface area contributed by atoms with Crippen LogP contribution in [0, 0.1) is 0 Å². The van der Waals surface area contributed by atoms with Gasteiger partial charge in [-0.15, -0.1) is 0 Å². The molecule has 0 heterocycles. The summed E-state index contributed by atoms with van der Waals surface area (Å²) in [6.45, 7) is -0.187. The van der Waals surface area contributed by atoms with Crippen molar-refractivity contribution < 1.29 is 14.3 Å². The lowest BCUT2D eigenvalue weighted by Crippen LogP contribution is -2.34. The molecule has 3 rings (SSSR count). The van der Waals surface area contributed by atoms with E-state index in [1.165, 1.54) is 0 Å². The Morgan fingerprint density at radius 2 is 1.88 bits per heavy atom. The second kappa shape index (κ2) is 7.70. The van der Waals surface area contributed by atoms with Gasteiger partial charge in [0.1, 0.15) is 11.8 Å². The number of hydrogen-bond donors (Lipinski definition) is 3. The first kappa shape index (κ1) is 16.8. The predicted molar refractivity (Wildman–Crippen MR) is 95.1 cm³/mol. The van der Waals surface area contributed by atoms with E-state index < -0.39 is 11.9 Å². The lowest BCUT2D eigenvalue weighted by Gasteiger charge is -2.20. The number of rotatable bonds is 8. The quantitative estimate of drug-likeness (QED) is 0.685. The van der Waals surface area contributed by atoms with Crippen LogP contribution in [0.5, 0.6) is 5.75 Å². The topological polar surface area (TPSA) is 93.5 Å². The molecule has 0 spiro atoms. The van der Waals surface area contributed by atoms with E-state index in [2.05, 4.69) is 10.6 Å². The average molecular weight is 339 g/mol. The molecule has 25 heavy (non-hydrogen) atoms. The van der Waals surface area contributed by atoms with Crippen LogP contribution in [-0.4, -0.2) is 24.5 Å². The van der Waals surface area contributed by atoms with Crippen molar-refractivity contribution in [3.8, 4) is 5.75 Å². The molecular formula is C19H21N3O3. The van der Waals surface area contributed by atoms with E-state index >= 15 is 0 Å². The molecule has 2 amide bonds. The molecule has 6 heteroatoms. The van der Waals surface area contributed by atoms with E-state index in [1.54, 1.807) is 18.2 Å². The number of carbonyl (C=O) groups is 2. The van der Waals surface area contributed by atoms with E-state index in [0.717, 1.165) is 24.1 Å². The van der Waals surface area contributed by atoms with E-state index in [9.17, 15) is 9.59 Å². The van der Waals surface area contributed by atoms with Crippen LogP contribution < -0.4 is 21.1 Å². The van der Waals surface area contributed by atoms with Gasteiger partial charge in [0, 0.05) is 17.8 Å². The standard InChI is InChI=1S/C19H21N3O3/c20-17(23)12-25-16-8-4-7-15(11-16)21-18(13-5-2-1-3-6-13)19(24)22-14-9-10-14/h1-8,11,14,18,21H,9-10,12H2,(H2,20,23)(H,22,24)/t18-/m1/s1. The number of carbonyl (C=O) groups excluding carboxylic acids is 2. The van der Waals surface area contributed by atoms with Gasteiger partial charge < -0.3 is 21.1 Å². The molecule has 1 aliphatic rings. The van der Waals surface area contributed by atoms with Crippen molar-refractivity contribution >= 4 is 17.5 Å². The van der Waals surface area contributed by atoms with Gasteiger partial charge in [0.2, 0.25) is 5.91 Å². The predicted octanol–water partition coefficient (Wildman–Crippen LogP) is 1.98. The molecule has 0 unspecified atom stereocenters. The van der Waals surface area contributed by atoms with E-state index in [1.807, 2.05) is 36.4 Å². The third kappa shape index (κ3) is 4.97. The minimum absolute atomic E-state index is 0.0582. The third-order valence-electron chi connectivity index (χ3n) is 3.84. The Balaban J connectivity index is 1.76. The first-order chi connectivity index (χ1) is 12.1. The van der Waals surface area contributed by atoms with Crippen molar-refractivity contribution in [3.63, 3.8) is 0 Å². The van der Waals surface area contributed by atoms with Gasteiger partial charge in [0.25, 0.3) is 5.91 Å². The molecule has 4 N–H and O–H groups in total. The fraction of sp³-hybridized carbons (Fsp3) is 0.263. The molecule has 0 aromatic heterocycles. The van der Waals surface area contributed by atoms with E-state index in [0.29, 0.717) is 5.75 Å². The fourth-order valence-electron chi connectivity index (χ4n) is 2.45. The van der Waals surface area contributed by atoms with Gasteiger partial charge in [-0.05, 0) is 30.5 Å². The van der Waals surface area contributed by atoms with Gasteiger partial charge in [-0.1, -0.05) is 36.4 Å². The maximum Gasteiger partial charge on any atom is 0.255 e. The summed E-state index contributed by atoms with van der Waals surface area (Å²) in [6, 6.07) is 16.4. The van der Waals surface area contributed by atoms with Crippen LogP contribution in [-0.2, 0) is 9.59 Å². The highest BCUT2D eigenvalue weighted by Gasteiger charge is 2.28. The molecule has 1 saturated carbocycles. The summed E-state index contributed by atoms with van der Waals surface area (Å²) in [4.78, 5) is 23.5. The Bertz CT molecular complexity index is 745. The summed E-state index contributed by atoms with van der Waals surface area (Å²) in [7, 11) is 0. The smallest absolute Gasteiger partial charge is 0.255 e. The first-order valence-corrected chi connectivity index (χ1v) is 8.25. The lowest BCUT2D eigenvalue weighted by atomic mass is 10.1. The largest absolute Gasteiger partial charge is 0.484 e. The highest BCUT2D eigenvalue weighted by Crippen LogP contribution is 2.25. The van der Waals surface area contributed by atoms with Crippen molar-refractivity contribution in [1.29, 1.82) is 0 Å². The zero-order valence-electron chi connectivity index (χ0n) is 13.8. The van der Waals surface area contributed by atoms with E-state index in [4.69, 9.17) is 10.5 Å². The second-order valence-electron chi connectivity index (χ2n) is 6.05. The van der Waals surface area contributed by atoms with Gasteiger partial charge >= 0.3 is 0 Å². The highest BCUT2D eigenvalue weighted by atomic mass is 16.5. The molecule has 0 bridgehead atoms. The number of hydrogen-bond acceptors (Lipinski definition) is 4. The van der Waals surface area contributed by atoms with Crippen LogP contribution in [0.25, 0.3) is 0 Å². The van der Waals surface area contributed by atoms with Gasteiger partial charge in [-0.3, -0.25) is 9.59 Å². The minimum atomic E-state index is -0.538. The monoisotopic (exact) mass is 339 g/mol. The van der Waals surface area contributed by atoms with E-state index in [-0.39, 0.29) is 18.6 Å². The first-order valence-electron chi connectivity index (χ1n) is 8.25. The summed E-state index contributed by atoms with van der Waals surface area (Å²) in [5.41, 5.74) is 6.70. The SMILES string of the molecule is NC(=O)COc1cccc(N[C@@H](C(=O)NC2CC2)c2ccccc2)c1. The molecule has 6 nitrogen and oxygen atoms in total. The molecule has 0 radical (unpaired) electrons. The minimum Gasteiger partial charge on any atom is -0.484 e. The van der Waals surface area contributed by atoms with Crippen molar-refractivity contribution in [2.75, 3.05) is 11.9 Å². The molecule has 1 fully saturated rings. The maximum absolute atomic E-state index is 12.6. The zero-order chi connectivity index (χ0) is 17.6. The fourth-order valence-corrected chi connectivity index (χ4v) is 2.45. The Morgan fingerprint density at radius 1 is 1.12 bits per heavy atom. The lowest BCUT2D eigenvalue weighted by molar-refractivity contribution is -0.122. The maximum atomic E-state index is 12.6. The van der Waals surface area contributed by atoms with Gasteiger partial charge in [0.05, 0.1) is 0 Å². The highest BCUT2D eigenvalue weighted by molar-refractivity contribution is 5.86. The van der Waals surface area contributed by atoms with Crippen LogP contribution in [0.15, 0.2) is 54.6 Å².